The van der Waals surface area contributed by atoms with Crippen molar-refractivity contribution < 1.29 is 9.32 Å². The third kappa shape index (κ3) is 3.06. The summed E-state index contributed by atoms with van der Waals surface area (Å²) >= 11 is 0. The lowest BCUT2D eigenvalue weighted by molar-refractivity contribution is -0.131. The highest BCUT2D eigenvalue weighted by atomic mass is 16.5. The van der Waals surface area contributed by atoms with Crippen LogP contribution in [0.25, 0.3) is 0 Å². The first-order valence-electron chi connectivity index (χ1n) is 9.28. The normalized spacial score (nSPS) is 22.6. The van der Waals surface area contributed by atoms with Gasteiger partial charge in [-0.3, -0.25) is 4.79 Å². The van der Waals surface area contributed by atoms with Gasteiger partial charge in [0.2, 0.25) is 11.9 Å². The number of hydrogen-bond acceptors (Lipinski definition) is 6. The summed E-state index contributed by atoms with van der Waals surface area (Å²) in [7, 11) is 0. The molecule has 0 spiro atoms. The van der Waals surface area contributed by atoms with E-state index in [-0.39, 0.29) is 11.9 Å². The predicted octanol–water partition coefficient (Wildman–Crippen LogP) is 2.06. The van der Waals surface area contributed by atoms with Gasteiger partial charge >= 0.3 is 0 Å². The molecule has 2 unspecified atom stereocenters. The van der Waals surface area contributed by atoms with Crippen molar-refractivity contribution >= 4 is 11.9 Å². The number of nitrogens with zero attached hydrogens (tertiary/aromatic N) is 5. The SMILES string of the molecule is Cc1ccnc(N2CCC3CCN(C(=O)Cc4c(C)noc4C)C3C2)n1. The summed E-state index contributed by atoms with van der Waals surface area (Å²) in [6.07, 6.45) is 4.34. The molecule has 0 aliphatic carbocycles. The fourth-order valence-electron chi connectivity index (χ4n) is 4.23. The Bertz CT molecular complexity index is 799. The van der Waals surface area contributed by atoms with E-state index in [1.165, 1.54) is 0 Å². The molecule has 0 aromatic carbocycles. The van der Waals surface area contributed by atoms with Crippen molar-refractivity contribution in [1.29, 1.82) is 0 Å². The van der Waals surface area contributed by atoms with Gasteiger partial charge in [0.15, 0.2) is 0 Å². The zero-order chi connectivity index (χ0) is 18.3. The third-order valence-electron chi connectivity index (χ3n) is 5.76. The van der Waals surface area contributed by atoms with Crippen molar-refractivity contribution in [2.24, 2.45) is 5.92 Å². The van der Waals surface area contributed by atoms with E-state index < -0.39 is 0 Å². The number of aryl methyl sites for hydroxylation is 3. The van der Waals surface area contributed by atoms with Gasteiger partial charge in [0, 0.05) is 37.1 Å². The maximum absolute atomic E-state index is 13.0. The summed E-state index contributed by atoms with van der Waals surface area (Å²) in [6, 6.07) is 2.14. The van der Waals surface area contributed by atoms with Crippen LogP contribution in [0.2, 0.25) is 0 Å². The van der Waals surface area contributed by atoms with Gasteiger partial charge in [0.05, 0.1) is 18.2 Å². The van der Waals surface area contributed by atoms with E-state index in [9.17, 15) is 4.79 Å². The second kappa shape index (κ2) is 6.70. The molecule has 7 heteroatoms. The number of hydrogen-bond donors (Lipinski definition) is 0. The Morgan fingerprint density at radius 2 is 2.08 bits per heavy atom. The van der Waals surface area contributed by atoms with Crippen molar-refractivity contribution in [2.75, 3.05) is 24.5 Å². The minimum absolute atomic E-state index is 0.166. The molecule has 2 aromatic heterocycles. The molecular weight excluding hydrogens is 330 g/mol. The number of anilines is 1. The van der Waals surface area contributed by atoms with Crippen LogP contribution >= 0.6 is 0 Å². The zero-order valence-corrected chi connectivity index (χ0v) is 15.6. The molecule has 26 heavy (non-hydrogen) atoms. The molecule has 0 bridgehead atoms. The van der Waals surface area contributed by atoms with Gasteiger partial charge in [-0.25, -0.2) is 9.97 Å². The Balaban J connectivity index is 1.49. The average Bonchev–Trinajstić information content (AvgIpc) is 3.19. The van der Waals surface area contributed by atoms with E-state index in [0.717, 1.165) is 61.1 Å². The van der Waals surface area contributed by atoms with Crippen molar-refractivity contribution in [2.45, 2.75) is 46.1 Å². The predicted molar refractivity (Wildman–Crippen MR) is 96.9 cm³/mol. The van der Waals surface area contributed by atoms with Crippen molar-refractivity contribution in [3.63, 3.8) is 0 Å². The molecule has 2 aliphatic heterocycles. The Labute approximate surface area is 153 Å². The number of fused-ring (bicyclic) bond motifs is 1. The highest BCUT2D eigenvalue weighted by molar-refractivity contribution is 5.80. The number of rotatable bonds is 3. The lowest BCUT2D eigenvalue weighted by atomic mass is 9.92. The van der Waals surface area contributed by atoms with E-state index in [1.807, 2.05) is 26.8 Å². The molecule has 2 fully saturated rings. The van der Waals surface area contributed by atoms with Gasteiger partial charge in [0.25, 0.3) is 0 Å². The van der Waals surface area contributed by atoms with Gasteiger partial charge in [-0.2, -0.15) is 0 Å². The maximum Gasteiger partial charge on any atom is 0.227 e. The topological polar surface area (TPSA) is 75.4 Å². The quantitative estimate of drug-likeness (QED) is 0.839. The summed E-state index contributed by atoms with van der Waals surface area (Å²) in [6.45, 7) is 8.33. The Hall–Kier alpha value is -2.44. The lowest BCUT2D eigenvalue weighted by Crippen LogP contribution is -2.50. The molecule has 7 nitrogen and oxygen atoms in total. The second-order valence-corrected chi connectivity index (χ2v) is 7.42. The van der Waals surface area contributed by atoms with Gasteiger partial charge < -0.3 is 14.3 Å². The monoisotopic (exact) mass is 355 g/mol. The van der Waals surface area contributed by atoms with Crippen LogP contribution < -0.4 is 4.90 Å². The van der Waals surface area contributed by atoms with E-state index >= 15 is 0 Å². The second-order valence-electron chi connectivity index (χ2n) is 7.42. The summed E-state index contributed by atoms with van der Waals surface area (Å²) in [5.41, 5.74) is 2.70. The highest BCUT2D eigenvalue weighted by Gasteiger charge is 2.41. The average molecular weight is 355 g/mol. The van der Waals surface area contributed by atoms with Crippen LogP contribution in [-0.2, 0) is 11.2 Å². The maximum atomic E-state index is 13.0. The van der Waals surface area contributed by atoms with Crippen LogP contribution in [0.15, 0.2) is 16.8 Å². The molecule has 4 heterocycles. The number of piperidine rings is 1. The smallest absolute Gasteiger partial charge is 0.227 e. The van der Waals surface area contributed by atoms with E-state index in [1.54, 1.807) is 6.20 Å². The van der Waals surface area contributed by atoms with Crippen LogP contribution in [0.5, 0.6) is 0 Å². The number of amides is 1. The van der Waals surface area contributed by atoms with Crippen molar-refractivity contribution in [1.82, 2.24) is 20.0 Å². The summed E-state index contributed by atoms with van der Waals surface area (Å²) in [5.74, 6) is 2.25. The van der Waals surface area contributed by atoms with E-state index in [4.69, 9.17) is 4.52 Å². The standard InChI is InChI=1S/C19H25N5O2/c1-12-4-7-20-19(21-12)23-8-5-15-6-9-24(17(15)11-23)18(25)10-16-13(2)22-26-14(16)3/h4,7,15,17H,5-6,8-11H2,1-3H3. The minimum Gasteiger partial charge on any atom is -0.361 e. The van der Waals surface area contributed by atoms with Crippen molar-refractivity contribution in [3.05, 3.63) is 35.0 Å². The number of likely N-dealkylation sites (tertiary alicyclic amines) is 1. The Kier molecular flexibility index (Phi) is 4.38. The van der Waals surface area contributed by atoms with Crippen LogP contribution in [0.1, 0.15) is 35.6 Å². The molecule has 2 aliphatic rings. The molecule has 4 rings (SSSR count). The van der Waals surface area contributed by atoms with Crippen molar-refractivity contribution in [3.8, 4) is 0 Å². The molecular formula is C19H25N5O2. The first-order chi connectivity index (χ1) is 12.5. The Morgan fingerprint density at radius 1 is 1.27 bits per heavy atom. The minimum atomic E-state index is 0.166. The number of aromatic nitrogens is 3. The summed E-state index contributed by atoms with van der Waals surface area (Å²) < 4.78 is 5.21. The Morgan fingerprint density at radius 3 is 2.81 bits per heavy atom. The summed E-state index contributed by atoms with van der Waals surface area (Å²) in [4.78, 5) is 26.2. The molecule has 138 valence electrons. The first kappa shape index (κ1) is 17.0. The fraction of sp³-hybridized carbons (Fsp3) is 0.579. The van der Waals surface area contributed by atoms with Crippen LogP contribution in [0, 0.1) is 26.7 Å². The highest BCUT2D eigenvalue weighted by Crippen LogP contribution is 2.33. The van der Waals surface area contributed by atoms with Crippen LogP contribution in [0.3, 0.4) is 0 Å². The third-order valence-corrected chi connectivity index (χ3v) is 5.76. The lowest BCUT2D eigenvalue weighted by Gasteiger charge is -2.38. The fourth-order valence-corrected chi connectivity index (χ4v) is 4.23. The number of carbonyl (C=O) groups excluding carboxylic acids is 1. The largest absolute Gasteiger partial charge is 0.361 e. The number of carbonyl (C=O) groups is 1. The molecule has 1 amide bonds. The molecule has 2 atom stereocenters. The molecule has 2 aromatic rings. The van der Waals surface area contributed by atoms with Gasteiger partial charge in [-0.1, -0.05) is 5.16 Å². The zero-order valence-electron chi connectivity index (χ0n) is 15.6. The molecule has 2 saturated heterocycles. The van der Waals surface area contributed by atoms with Gasteiger partial charge in [-0.15, -0.1) is 0 Å². The molecule has 0 N–H and O–H groups in total. The summed E-state index contributed by atoms with van der Waals surface area (Å²) in [5, 5.41) is 3.97. The van der Waals surface area contributed by atoms with Crippen LogP contribution in [-0.4, -0.2) is 51.6 Å². The van der Waals surface area contributed by atoms with Gasteiger partial charge in [-0.05, 0) is 45.6 Å². The molecule has 0 saturated carbocycles. The van der Waals surface area contributed by atoms with E-state index in [2.05, 4.69) is 24.9 Å². The van der Waals surface area contributed by atoms with Crippen LogP contribution in [0.4, 0.5) is 5.95 Å². The van der Waals surface area contributed by atoms with Gasteiger partial charge in [0.1, 0.15) is 5.76 Å². The molecule has 0 radical (unpaired) electrons. The first-order valence-corrected chi connectivity index (χ1v) is 9.28. The van der Waals surface area contributed by atoms with E-state index in [0.29, 0.717) is 12.3 Å².